The minimum Gasteiger partial charge on any atom is -0.497 e. The number of nitrogens with zero attached hydrogens (tertiary/aromatic N) is 1. The van der Waals surface area contributed by atoms with Gasteiger partial charge in [-0.05, 0) is 61.9 Å². The van der Waals surface area contributed by atoms with Gasteiger partial charge in [-0.25, -0.2) is 0 Å². The number of ether oxygens (including phenoxy) is 1. The lowest BCUT2D eigenvalue weighted by Gasteiger charge is -2.36. The maximum atomic E-state index is 5.25. The second kappa shape index (κ2) is 8.89. The van der Waals surface area contributed by atoms with E-state index in [-0.39, 0.29) is 0 Å². The number of benzene rings is 2. The van der Waals surface area contributed by atoms with Gasteiger partial charge in [0.25, 0.3) is 0 Å². The zero-order chi connectivity index (χ0) is 16.6. The van der Waals surface area contributed by atoms with Gasteiger partial charge >= 0.3 is 0 Å². The first kappa shape index (κ1) is 17.0. The fraction of sp³-hybridized carbons (Fsp3) is 0.455. The van der Waals surface area contributed by atoms with E-state index in [1.165, 1.54) is 56.3 Å². The van der Waals surface area contributed by atoms with E-state index in [1.54, 1.807) is 7.11 Å². The van der Waals surface area contributed by atoms with Crippen molar-refractivity contribution in [2.75, 3.05) is 20.2 Å². The first-order valence-electron chi connectivity index (χ1n) is 9.26. The third-order valence-corrected chi connectivity index (χ3v) is 5.20. The Morgan fingerprint density at radius 1 is 0.917 bits per heavy atom. The summed E-state index contributed by atoms with van der Waals surface area (Å²) >= 11 is 0. The Bertz CT molecular complexity index is 593. The van der Waals surface area contributed by atoms with Gasteiger partial charge in [-0.1, -0.05) is 48.9 Å². The molecular formula is C22H29NO. The number of likely N-dealkylation sites (tertiary alicyclic amines) is 1. The van der Waals surface area contributed by atoms with Crippen LogP contribution in [0.3, 0.4) is 0 Å². The average molecular weight is 323 g/mol. The third kappa shape index (κ3) is 4.85. The molecule has 24 heavy (non-hydrogen) atoms. The first-order chi connectivity index (χ1) is 11.8. The number of methoxy groups -OCH3 is 1. The largest absolute Gasteiger partial charge is 0.497 e. The van der Waals surface area contributed by atoms with Crippen molar-refractivity contribution in [3.8, 4) is 5.75 Å². The summed E-state index contributed by atoms with van der Waals surface area (Å²) in [7, 11) is 1.72. The van der Waals surface area contributed by atoms with Crippen LogP contribution in [0.15, 0.2) is 54.6 Å². The predicted octanol–water partition coefficient (Wildman–Crippen LogP) is 4.73. The van der Waals surface area contributed by atoms with Gasteiger partial charge in [-0.2, -0.15) is 0 Å². The van der Waals surface area contributed by atoms with Crippen molar-refractivity contribution in [3.05, 3.63) is 65.7 Å². The van der Waals surface area contributed by atoms with Gasteiger partial charge in [0.05, 0.1) is 7.11 Å². The summed E-state index contributed by atoms with van der Waals surface area (Å²) in [6, 6.07) is 20.2. The Morgan fingerprint density at radius 3 is 2.42 bits per heavy atom. The molecule has 0 saturated carbocycles. The Kier molecular flexibility index (Phi) is 6.31. The van der Waals surface area contributed by atoms with E-state index >= 15 is 0 Å². The maximum Gasteiger partial charge on any atom is 0.118 e. The van der Waals surface area contributed by atoms with Gasteiger partial charge in [0.2, 0.25) is 0 Å². The highest BCUT2D eigenvalue weighted by Gasteiger charge is 2.21. The minimum absolute atomic E-state index is 0.740. The highest BCUT2D eigenvalue weighted by molar-refractivity contribution is 5.27. The Hall–Kier alpha value is -1.80. The molecule has 0 aliphatic carbocycles. The van der Waals surface area contributed by atoms with Crippen LogP contribution in [0.4, 0.5) is 0 Å². The molecule has 1 aliphatic heterocycles. The van der Waals surface area contributed by atoms with E-state index in [0.717, 1.165) is 18.2 Å². The van der Waals surface area contributed by atoms with Crippen LogP contribution < -0.4 is 4.74 Å². The van der Waals surface area contributed by atoms with Gasteiger partial charge in [-0.15, -0.1) is 0 Å². The smallest absolute Gasteiger partial charge is 0.118 e. The lowest BCUT2D eigenvalue weighted by molar-refractivity contribution is 0.142. The quantitative estimate of drug-likeness (QED) is 0.730. The van der Waals surface area contributed by atoms with Crippen molar-refractivity contribution in [1.29, 1.82) is 0 Å². The van der Waals surface area contributed by atoms with Crippen LogP contribution in [-0.4, -0.2) is 31.1 Å². The van der Waals surface area contributed by atoms with Crippen molar-refractivity contribution in [1.82, 2.24) is 4.90 Å². The Balaban J connectivity index is 1.51. The maximum absolute atomic E-state index is 5.25. The number of hydrogen-bond donors (Lipinski definition) is 0. The van der Waals surface area contributed by atoms with Crippen molar-refractivity contribution in [2.24, 2.45) is 0 Å². The summed E-state index contributed by atoms with van der Waals surface area (Å²) < 4.78 is 5.25. The zero-order valence-corrected chi connectivity index (χ0v) is 14.8. The van der Waals surface area contributed by atoms with Crippen LogP contribution in [0, 0.1) is 0 Å². The lowest BCUT2D eigenvalue weighted by Crippen LogP contribution is -2.41. The molecule has 2 nitrogen and oxygen atoms in total. The van der Waals surface area contributed by atoms with Crippen LogP contribution >= 0.6 is 0 Å². The topological polar surface area (TPSA) is 12.5 Å². The van der Waals surface area contributed by atoms with E-state index < -0.39 is 0 Å². The molecule has 1 fully saturated rings. The molecule has 3 rings (SSSR count). The van der Waals surface area contributed by atoms with E-state index in [9.17, 15) is 0 Å². The molecule has 1 unspecified atom stereocenters. The molecule has 0 radical (unpaired) electrons. The molecule has 128 valence electrons. The number of aryl methyl sites for hydroxylation is 1. The monoisotopic (exact) mass is 323 g/mol. The number of hydrogen-bond acceptors (Lipinski definition) is 2. The molecular weight excluding hydrogens is 294 g/mol. The first-order valence-corrected chi connectivity index (χ1v) is 9.26. The van der Waals surface area contributed by atoms with Crippen LogP contribution in [0.25, 0.3) is 0 Å². The van der Waals surface area contributed by atoms with E-state index in [1.807, 2.05) is 0 Å². The van der Waals surface area contributed by atoms with Crippen LogP contribution in [0.1, 0.15) is 36.8 Å². The fourth-order valence-corrected chi connectivity index (χ4v) is 3.72. The molecule has 0 amide bonds. The predicted molar refractivity (Wildman–Crippen MR) is 101 cm³/mol. The molecule has 0 N–H and O–H groups in total. The standard InChI is InChI=1S/C22H29NO/c1-24-22-14-11-20(12-15-22)10-13-21-9-5-6-17-23(21)18-16-19-7-3-2-4-8-19/h2-4,7-8,11-12,14-15,21H,5-6,9-10,13,16-18H2,1H3. The van der Waals surface area contributed by atoms with Crippen molar-refractivity contribution >= 4 is 0 Å². The second-order valence-corrected chi connectivity index (χ2v) is 6.81. The van der Waals surface area contributed by atoms with E-state index in [0.29, 0.717) is 0 Å². The van der Waals surface area contributed by atoms with Gasteiger partial charge in [0, 0.05) is 12.6 Å². The van der Waals surface area contributed by atoms with Crippen molar-refractivity contribution in [3.63, 3.8) is 0 Å². The van der Waals surface area contributed by atoms with Crippen molar-refractivity contribution in [2.45, 2.75) is 44.6 Å². The second-order valence-electron chi connectivity index (χ2n) is 6.81. The Morgan fingerprint density at radius 2 is 1.67 bits per heavy atom. The molecule has 1 aliphatic rings. The van der Waals surface area contributed by atoms with Crippen LogP contribution in [0.2, 0.25) is 0 Å². The third-order valence-electron chi connectivity index (χ3n) is 5.20. The number of piperidine rings is 1. The molecule has 1 heterocycles. The molecule has 1 atom stereocenters. The van der Waals surface area contributed by atoms with E-state index in [4.69, 9.17) is 4.74 Å². The molecule has 1 saturated heterocycles. The highest BCUT2D eigenvalue weighted by Crippen LogP contribution is 2.22. The Labute approximate surface area is 146 Å². The average Bonchev–Trinajstić information content (AvgIpc) is 2.66. The van der Waals surface area contributed by atoms with E-state index in [2.05, 4.69) is 59.5 Å². The normalized spacial score (nSPS) is 18.5. The van der Waals surface area contributed by atoms with Gasteiger partial charge < -0.3 is 9.64 Å². The zero-order valence-electron chi connectivity index (χ0n) is 14.8. The van der Waals surface area contributed by atoms with Crippen LogP contribution in [-0.2, 0) is 12.8 Å². The molecule has 2 aromatic rings. The summed E-state index contributed by atoms with van der Waals surface area (Å²) in [6.07, 6.45) is 7.69. The molecule has 0 spiro atoms. The molecule has 2 aromatic carbocycles. The summed E-state index contributed by atoms with van der Waals surface area (Å²) in [5.41, 5.74) is 2.88. The number of rotatable bonds is 7. The van der Waals surface area contributed by atoms with Crippen LogP contribution in [0.5, 0.6) is 5.75 Å². The molecule has 2 heteroatoms. The summed E-state index contributed by atoms with van der Waals surface area (Å²) in [5.74, 6) is 0.945. The van der Waals surface area contributed by atoms with Crippen molar-refractivity contribution < 1.29 is 4.74 Å². The highest BCUT2D eigenvalue weighted by atomic mass is 16.5. The lowest BCUT2D eigenvalue weighted by atomic mass is 9.95. The fourth-order valence-electron chi connectivity index (χ4n) is 3.72. The summed E-state index contributed by atoms with van der Waals surface area (Å²) in [4.78, 5) is 2.72. The molecule has 0 aromatic heterocycles. The summed E-state index contributed by atoms with van der Waals surface area (Å²) in [6.45, 7) is 2.46. The molecule has 0 bridgehead atoms. The van der Waals surface area contributed by atoms with Gasteiger partial charge in [0.1, 0.15) is 5.75 Å². The SMILES string of the molecule is COc1ccc(CCC2CCCCN2CCc2ccccc2)cc1. The summed E-state index contributed by atoms with van der Waals surface area (Å²) in [5, 5.41) is 0. The minimum atomic E-state index is 0.740. The van der Waals surface area contributed by atoms with Gasteiger partial charge in [0.15, 0.2) is 0 Å². The van der Waals surface area contributed by atoms with Gasteiger partial charge in [-0.3, -0.25) is 0 Å².